The predicted molar refractivity (Wildman–Crippen MR) is 81.5 cm³/mol. The van der Waals surface area contributed by atoms with Gasteiger partial charge < -0.3 is 5.32 Å². The minimum Gasteiger partial charge on any atom is -0.383 e. The third-order valence-corrected chi connectivity index (χ3v) is 3.56. The zero-order valence-electron chi connectivity index (χ0n) is 11.8. The van der Waals surface area contributed by atoms with E-state index in [0.29, 0.717) is 24.2 Å². The number of carbonyl (C=O) groups excluding carboxylic acids is 2. The van der Waals surface area contributed by atoms with Gasteiger partial charge in [-0.05, 0) is 36.8 Å². The molecule has 1 aliphatic rings. The molecule has 0 bridgehead atoms. The first kappa shape index (κ1) is 13.4. The standard InChI is InChI=1S/C17H16N2O2/c1-12-5-4-6-13(11-12)18-9-10-19-16(20)14-7-2-3-8-15(14)17(19)21/h2-8,11,18H,9-10H2,1H3. The van der Waals surface area contributed by atoms with Crippen LogP contribution in [-0.2, 0) is 0 Å². The predicted octanol–water partition coefficient (Wildman–Crippen LogP) is 2.70. The summed E-state index contributed by atoms with van der Waals surface area (Å²) < 4.78 is 0. The number of anilines is 1. The van der Waals surface area contributed by atoms with E-state index in [1.54, 1.807) is 24.3 Å². The van der Waals surface area contributed by atoms with Crippen LogP contribution >= 0.6 is 0 Å². The number of carbonyl (C=O) groups is 2. The zero-order valence-corrected chi connectivity index (χ0v) is 11.8. The Balaban J connectivity index is 1.65. The molecular formula is C17H16N2O2. The lowest BCUT2D eigenvalue weighted by molar-refractivity contribution is 0.0660. The molecule has 0 saturated heterocycles. The quantitative estimate of drug-likeness (QED) is 0.876. The summed E-state index contributed by atoms with van der Waals surface area (Å²) in [5.74, 6) is -0.414. The van der Waals surface area contributed by atoms with Crippen molar-refractivity contribution in [1.29, 1.82) is 0 Å². The first-order valence-corrected chi connectivity index (χ1v) is 6.92. The van der Waals surface area contributed by atoms with Gasteiger partial charge in [0.25, 0.3) is 11.8 Å². The number of nitrogens with zero attached hydrogens (tertiary/aromatic N) is 1. The molecule has 106 valence electrons. The van der Waals surface area contributed by atoms with Crippen molar-refractivity contribution in [2.24, 2.45) is 0 Å². The van der Waals surface area contributed by atoms with Gasteiger partial charge in [0.15, 0.2) is 0 Å². The number of imide groups is 1. The van der Waals surface area contributed by atoms with E-state index in [0.717, 1.165) is 5.69 Å². The molecule has 2 aromatic rings. The first-order valence-electron chi connectivity index (χ1n) is 6.92. The molecule has 0 fully saturated rings. The average molecular weight is 280 g/mol. The van der Waals surface area contributed by atoms with Crippen LogP contribution in [0.2, 0.25) is 0 Å². The van der Waals surface area contributed by atoms with Gasteiger partial charge in [0.1, 0.15) is 0 Å². The van der Waals surface area contributed by atoms with Crippen molar-refractivity contribution < 1.29 is 9.59 Å². The smallest absolute Gasteiger partial charge is 0.261 e. The van der Waals surface area contributed by atoms with Gasteiger partial charge in [0.2, 0.25) is 0 Å². The van der Waals surface area contributed by atoms with E-state index in [1.165, 1.54) is 10.5 Å². The molecule has 0 aromatic heterocycles. The number of benzene rings is 2. The summed E-state index contributed by atoms with van der Waals surface area (Å²) in [5.41, 5.74) is 3.16. The highest BCUT2D eigenvalue weighted by Gasteiger charge is 2.34. The molecule has 2 aromatic carbocycles. The van der Waals surface area contributed by atoms with Gasteiger partial charge in [-0.15, -0.1) is 0 Å². The zero-order chi connectivity index (χ0) is 14.8. The Morgan fingerprint density at radius 2 is 1.62 bits per heavy atom. The summed E-state index contributed by atoms with van der Waals surface area (Å²) in [4.78, 5) is 25.7. The van der Waals surface area contributed by atoms with Crippen molar-refractivity contribution in [3.63, 3.8) is 0 Å². The molecule has 1 N–H and O–H groups in total. The molecule has 4 nitrogen and oxygen atoms in total. The fourth-order valence-corrected chi connectivity index (χ4v) is 2.51. The van der Waals surface area contributed by atoms with Crippen LogP contribution in [0, 0.1) is 6.92 Å². The molecule has 21 heavy (non-hydrogen) atoms. The summed E-state index contributed by atoms with van der Waals surface area (Å²) in [7, 11) is 0. The van der Waals surface area contributed by atoms with Gasteiger partial charge in [0.05, 0.1) is 11.1 Å². The number of hydrogen-bond donors (Lipinski definition) is 1. The lowest BCUT2D eigenvalue weighted by Gasteiger charge is -2.15. The van der Waals surface area contributed by atoms with Crippen LogP contribution in [0.5, 0.6) is 0 Å². The van der Waals surface area contributed by atoms with Crippen molar-refractivity contribution in [2.75, 3.05) is 18.4 Å². The summed E-state index contributed by atoms with van der Waals surface area (Å²) in [6, 6.07) is 14.9. The van der Waals surface area contributed by atoms with Gasteiger partial charge in [-0.2, -0.15) is 0 Å². The van der Waals surface area contributed by atoms with Crippen LogP contribution in [-0.4, -0.2) is 29.8 Å². The largest absolute Gasteiger partial charge is 0.383 e. The van der Waals surface area contributed by atoms with E-state index in [9.17, 15) is 9.59 Å². The third-order valence-electron chi connectivity index (χ3n) is 3.56. The molecule has 0 unspecified atom stereocenters. The van der Waals surface area contributed by atoms with E-state index < -0.39 is 0 Å². The number of aryl methyl sites for hydroxylation is 1. The minimum absolute atomic E-state index is 0.207. The minimum atomic E-state index is -0.207. The average Bonchev–Trinajstić information content (AvgIpc) is 2.73. The molecule has 0 aliphatic carbocycles. The van der Waals surface area contributed by atoms with E-state index in [1.807, 2.05) is 31.2 Å². The summed E-state index contributed by atoms with van der Waals surface area (Å²) in [5, 5.41) is 3.23. The Bertz CT molecular complexity index is 674. The third kappa shape index (κ3) is 2.52. The Morgan fingerprint density at radius 1 is 0.952 bits per heavy atom. The van der Waals surface area contributed by atoms with Gasteiger partial charge in [-0.25, -0.2) is 0 Å². The fourth-order valence-electron chi connectivity index (χ4n) is 2.51. The number of amides is 2. The van der Waals surface area contributed by atoms with Gasteiger partial charge in [-0.1, -0.05) is 24.3 Å². The Hall–Kier alpha value is -2.62. The monoisotopic (exact) mass is 280 g/mol. The maximum atomic E-state index is 12.2. The second-order valence-electron chi connectivity index (χ2n) is 5.10. The van der Waals surface area contributed by atoms with Crippen LogP contribution in [0.15, 0.2) is 48.5 Å². The number of nitrogens with one attached hydrogen (secondary N) is 1. The van der Waals surface area contributed by atoms with E-state index in [2.05, 4.69) is 5.32 Å². The molecule has 0 atom stereocenters. The van der Waals surface area contributed by atoms with E-state index in [4.69, 9.17) is 0 Å². The van der Waals surface area contributed by atoms with Crippen molar-refractivity contribution in [2.45, 2.75) is 6.92 Å². The molecule has 1 heterocycles. The second-order valence-corrected chi connectivity index (χ2v) is 5.10. The summed E-state index contributed by atoms with van der Waals surface area (Å²) in [6.07, 6.45) is 0. The maximum absolute atomic E-state index is 12.2. The van der Waals surface area contributed by atoms with Gasteiger partial charge >= 0.3 is 0 Å². The molecule has 2 amide bonds. The van der Waals surface area contributed by atoms with Crippen molar-refractivity contribution in [1.82, 2.24) is 4.90 Å². The molecule has 0 radical (unpaired) electrons. The van der Waals surface area contributed by atoms with E-state index >= 15 is 0 Å². The Labute approximate surface area is 123 Å². The van der Waals surface area contributed by atoms with Crippen LogP contribution in [0.3, 0.4) is 0 Å². The van der Waals surface area contributed by atoms with Crippen molar-refractivity contribution in [3.05, 3.63) is 65.2 Å². The number of rotatable bonds is 4. The fraction of sp³-hybridized carbons (Fsp3) is 0.176. The van der Waals surface area contributed by atoms with Crippen LogP contribution in [0.25, 0.3) is 0 Å². The molecule has 1 aliphatic heterocycles. The van der Waals surface area contributed by atoms with Crippen LogP contribution in [0.1, 0.15) is 26.3 Å². The van der Waals surface area contributed by atoms with Crippen LogP contribution < -0.4 is 5.32 Å². The van der Waals surface area contributed by atoms with Crippen molar-refractivity contribution in [3.8, 4) is 0 Å². The molecule has 0 saturated carbocycles. The highest BCUT2D eigenvalue weighted by molar-refractivity contribution is 6.21. The normalized spacial score (nSPS) is 13.5. The molecular weight excluding hydrogens is 264 g/mol. The highest BCUT2D eigenvalue weighted by atomic mass is 16.2. The number of hydrogen-bond acceptors (Lipinski definition) is 3. The van der Waals surface area contributed by atoms with Gasteiger partial charge in [-0.3, -0.25) is 14.5 Å². The summed E-state index contributed by atoms with van der Waals surface area (Å²) >= 11 is 0. The topological polar surface area (TPSA) is 49.4 Å². The van der Waals surface area contributed by atoms with E-state index in [-0.39, 0.29) is 11.8 Å². The lowest BCUT2D eigenvalue weighted by atomic mass is 10.1. The lowest BCUT2D eigenvalue weighted by Crippen LogP contribution is -2.34. The van der Waals surface area contributed by atoms with Crippen molar-refractivity contribution >= 4 is 17.5 Å². The second kappa shape index (κ2) is 5.40. The molecule has 0 spiro atoms. The van der Waals surface area contributed by atoms with Crippen LogP contribution in [0.4, 0.5) is 5.69 Å². The van der Waals surface area contributed by atoms with Gasteiger partial charge in [0, 0.05) is 18.8 Å². The maximum Gasteiger partial charge on any atom is 0.261 e. The summed E-state index contributed by atoms with van der Waals surface area (Å²) in [6.45, 7) is 2.92. The Morgan fingerprint density at radius 3 is 2.24 bits per heavy atom. The number of fused-ring (bicyclic) bond motifs is 1. The molecule has 4 heteroatoms. The molecule has 3 rings (SSSR count). The first-order chi connectivity index (χ1) is 10.2. The SMILES string of the molecule is Cc1cccc(NCCN2C(=O)c3ccccc3C2=O)c1. The Kier molecular flexibility index (Phi) is 3.44. The highest BCUT2D eigenvalue weighted by Crippen LogP contribution is 2.22.